The van der Waals surface area contributed by atoms with Gasteiger partial charge in [0.25, 0.3) is 0 Å². The second kappa shape index (κ2) is 5.24. The number of carbonyl (C=O) groups is 1. The second-order valence-corrected chi connectivity index (χ2v) is 2.30. The van der Waals surface area contributed by atoms with Crippen molar-refractivity contribution in [2.45, 2.75) is 6.10 Å². The molecular formula is C8H9NaO4. The van der Waals surface area contributed by atoms with Crippen molar-refractivity contribution in [3.8, 4) is 5.75 Å². The summed E-state index contributed by atoms with van der Waals surface area (Å²) in [5.74, 6) is -1.59. The molecule has 0 saturated carbocycles. The fraction of sp³-hybridized carbons (Fsp3) is 0.125. The molecule has 0 fully saturated rings. The molecule has 4 nitrogen and oxygen atoms in total. The first-order valence-corrected chi connectivity index (χ1v) is 3.31. The van der Waals surface area contributed by atoms with E-state index in [2.05, 4.69) is 0 Å². The van der Waals surface area contributed by atoms with Gasteiger partial charge in [-0.15, -0.1) is 0 Å². The molecule has 0 aliphatic heterocycles. The maximum absolute atomic E-state index is 10.3. The summed E-state index contributed by atoms with van der Waals surface area (Å²) < 4.78 is 0. The Labute approximate surface area is 97.1 Å². The van der Waals surface area contributed by atoms with E-state index in [-0.39, 0.29) is 40.9 Å². The van der Waals surface area contributed by atoms with Crippen LogP contribution in [0.1, 0.15) is 11.7 Å². The van der Waals surface area contributed by atoms with Crippen molar-refractivity contribution in [1.29, 1.82) is 0 Å². The molecule has 3 N–H and O–H groups in total. The van der Waals surface area contributed by atoms with E-state index in [1.165, 1.54) is 12.1 Å². The van der Waals surface area contributed by atoms with Crippen LogP contribution in [0.15, 0.2) is 24.3 Å². The third kappa shape index (κ3) is 3.00. The minimum absolute atomic E-state index is 0. The summed E-state index contributed by atoms with van der Waals surface area (Å²) in [7, 11) is 0. The van der Waals surface area contributed by atoms with E-state index >= 15 is 0 Å². The Bertz CT molecular complexity index is 300. The molecule has 0 amide bonds. The molecule has 1 atom stereocenters. The number of hydrogen-bond acceptors (Lipinski definition) is 3. The Morgan fingerprint density at radius 3 is 2.31 bits per heavy atom. The molecule has 0 aromatic heterocycles. The number of phenolic OH excluding ortho intramolecular Hbond substituents is 1. The molecule has 0 spiro atoms. The zero-order valence-corrected chi connectivity index (χ0v) is 6.14. The van der Waals surface area contributed by atoms with E-state index in [9.17, 15) is 4.79 Å². The molecular weight excluding hydrogens is 183 g/mol. The van der Waals surface area contributed by atoms with Crippen molar-refractivity contribution in [3.63, 3.8) is 0 Å². The van der Waals surface area contributed by atoms with Crippen LogP contribution < -0.4 is 0 Å². The van der Waals surface area contributed by atoms with Crippen LogP contribution >= 0.6 is 0 Å². The van der Waals surface area contributed by atoms with E-state index < -0.39 is 12.1 Å². The predicted molar refractivity (Wildman–Crippen MR) is 47.9 cm³/mol. The van der Waals surface area contributed by atoms with Gasteiger partial charge in [-0.2, -0.15) is 0 Å². The van der Waals surface area contributed by atoms with E-state index in [0.29, 0.717) is 0 Å². The van der Waals surface area contributed by atoms with Gasteiger partial charge in [0.1, 0.15) is 5.75 Å². The van der Waals surface area contributed by atoms with E-state index in [1.807, 2.05) is 0 Å². The number of para-hydroxylation sites is 1. The second-order valence-electron chi connectivity index (χ2n) is 2.30. The number of benzene rings is 1. The van der Waals surface area contributed by atoms with Gasteiger partial charge in [0.05, 0.1) is 0 Å². The average Bonchev–Trinajstić information content (AvgIpc) is 2.04. The zero-order chi connectivity index (χ0) is 9.14. The number of carboxylic acid groups (broad SMARTS) is 1. The Morgan fingerprint density at radius 1 is 1.31 bits per heavy atom. The van der Waals surface area contributed by atoms with Crippen molar-refractivity contribution >= 4 is 35.5 Å². The number of aliphatic hydroxyl groups excluding tert-OH is 1. The molecule has 1 aromatic carbocycles. The first-order chi connectivity index (χ1) is 5.63. The zero-order valence-electron chi connectivity index (χ0n) is 6.14. The number of hydrogen-bond donors (Lipinski definition) is 3. The number of aromatic hydroxyl groups is 1. The Kier molecular flexibility index (Phi) is 5.02. The third-order valence-electron chi connectivity index (χ3n) is 1.47. The molecule has 1 rings (SSSR count). The Balaban J connectivity index is 0.00000144. The average molecular weight is 192 g/mol. The van der Waals surface area contributed by atoms with Crippen LogP contribution in [0.3, 0.4) is 0 Å². The van der Waals surface area contributed by atoms with E-state index in [0.717, 1.165) is 0 Å². The van der Waals surface area contributed by atoms with Crippen LogP contribution in [-0.4, -0.2) is 50.8 Å². The molecule has 0 aliphatic rings. The van der Waals surface area contributed by atoms with Gasteiger partial charge in [0.2, 0.25) is 0 Å². The SMILES string of the molecule is O=C(O)[C@H](O)c1ccccc1O.[NaH]. The van der Waals surface area contributed by atoms with Crippen molar-refractivity contribution in [2.24, 2.45) is 0 Å². The van der Waals surface area contributed by atoms with Crippen LogP contribution in [0, 0.1) is 0 Å². The fourth-order valence-electron chi connectivity index (χ4n) is 0.852. The summed E-state index contributed by atoms with van der Waals surface area (Å²) in [6.07, 6.45) is -1.66. The number of aliphatic carboxylic acids is 1. The molecule has 0 unspecified atom stereocenters. The van der Waals surface area contributed by atoms with Gasteiger partial charge < -0.3 is 15.3 Å². The summed E-state index contributed by atoms with van der Waals surface area (Å²) in [4.78, 5) is 10.3. The summed E-state index contributed by atoms with van der Waals surface area (Å²) in [5, 5.41) is 26.5. The van der Waals surface area contributed by atoms with Gasteiger partial charge in [0, 0.05) is 5.56 Å². The van der Waals surface area contributed by atoms with Gasteiger partial charge in [-0.3, -0.25) is 0 Å². The number of aliphatic hydroxyl groups is 1. The topological polar surface area (TPSA) is 77.8 Å². The van der Waals surface area contributed by atoms with E-state index in [4.69, 9.17) is 15.3 Å². The minimum atomic E-state index is -1.66. The number of phenols is 1. The van der Waals surface area contributed by atoms with Gasteiger partial charge in [0.15, 0.2) is 6.10 Å². The van der Waals surface area contributed by atoms with Crippen LogP contribution in [0.2, 0.25) is 0 Å². The molecule has 0 bridgehead atoms. The quantitative estimate of drug-likeness (QED) is 0.570. The molecule has 13 heavy (non-hydrogen) atoms. The maximum atomic E-state index is 10.3. The standard InChI is InChI=1S/C8H8O4.Na.H/c9-6-4-2-1-3-5(6)7(10)8(11)12;;/h1-4,7,9-10H,(H,11,12);;/t7-;;/m1../s1. The molecule has 0 radical (unpaired) electrons. The van der Waals surface area contributed by atoms with Crippen LogP contribution in [0.4, 0.5) is 0 Å². The van der Waals surface area contributed by atoms with Gasteiger partial charge >= 0.3 is 35.5 Å². The fourth-order valence-corrected chi connectivity index (χ4v) is 0.852. The summed E-state index contributed by atoms with van der Waals surface area (Å²) in [5.41, 5.74) is 0.00463. The molecule has 0 heterocycles. The predicted octanol–water partition coefficient (Wildman–Crippen LogP) is -0.138. The monoisotopic (exact) mass is 192 g/mol. The Morgan fingerprint density at radius 2 is 1.85 bits per heavy atom. The third-order valence-corrected chi connectivity index (χ3v) is 1.47. The first-order valence-electron chi connectivity index (χ1n) is 3.31. The van der Waals surface area contributed by atoms with Crippen LogP contribution in [0.25, 0.3) is 0 Å². The molecule has 1 aromatic rings. The molecule has 5 heteroatoms. The van der Waals surface area contributed by atoms with E-state index in [1.54, 1.807) is 12.1 Å². The van der Waals surface area contributed by atoms with Gasteiger partial charge in [-0.1, -0.05) is 18.2 Å². The Hall–Kier alpha value is -0.550. The number of rotatable bonds is 2. The molecule has 66 valence electrons. The van der Waals surface area contributed by atoms with Crippen molar-refractivity contribution in [3.05, 3.63) is 29.8 Å². The van der Waals surface area contributed by atoms with Crippen LogP contribution in [0.5, 0.6) is 5.75 Å². The van der Waals surface area contributed by atoms with Crippen molar-refractivity contribution in [1.82, 2.24) is 0 Å². The number of carboxylic acids is 1. The summed E-state index contributed by atoms with van der Waals surface area (Å²) in [6.45, 7) is 0. The van der Waals surface area contributed by atoms with Gasteiger partial charge in [-0.25, -0.2) is 4.79 Å². The first kappa shape index (κ1) is 12.4. The summed E-state index contributed by atoms with van der Waals surface area (Å²) >= 11 is 0. The van der Waals surface area contributed by atoms with Gasteiger partial charge in [-0.05, 0) is 6.07 Å². The van der Waals surface area contributed by atoms with Crippen molar-refractivity contribution in [2.75, 3.05) is 0 Å². The molecule has 0 saturated heterocycles. The molecule has 0 aliphatic carbocycles. The van der Waals surface area contributed by atoms with Crippen LogP contribution in [-0.2, 0) is 4.79 Å². The summed E-state index contributed by atoms with van der Waals surface area (Å²) in [6, 6.07) is 5.77. The van der Waals surface area contributed by atoms with Crippen molar-refractivity contribution < 1.29 is 20.1 Å². The normalized spacial score (nSPS) is 11.5.